The molecule has 1 aromatic rings. The van der Waals surface area contributed by atoms with E-state index in [2.05, 4.69) is 9.97 Å². The molecule has 0 atom stereocenters. The molecule has 0 saturated heterocycles. The molecule has 0 aliphatic rings. The van der Waals surface area contributed by atoms with E-state index in [-0.39, 0.29) is 11.0 Å². The molecule has 2 nitrogen and oxygen atoms in total. The monoisotopic (exact) mass is 146 g/mol. The van der Waals surface area contributed by atoms with Crippen LogP contribution in [0.15, 0.2) is 6.20 Å². The summed E-state index contributed by atoms with van der Waals surface area (Å²) in [6.45, 7) is 1.53. The molecule has 0 N–H and O–H groups in total. The Labute approximate surface area is 56.7 Å². The smallest absolute Gasteiger partial charge is 0.222 e. The summed E-state index contributed by atoms with van der Waals surface area (Å²) in [6.07, 6.45) is 1.05. The number of aromatic nitrogens is 2. The van der Waals surface area contributed by atoms with Crippen LogP contribution in [0.1, 0.15) is 5.69 Å². The molecule has 0 saturated carbocycles. The molecule has 0 aliphatic heterocycles. The number of nitrogens with zero attached hydrogens (tertiary/aromatic N) is 2. The lowest BCUT2D eigenvalue weighted by atomic mass is 10.4. The van der Waals surface area contributed by atoms with Crippen LogP contribution in [0.5, 0.6) is 0 Å². The van der Waals surface area contributed by atoms with Crippen molar-refractivity contribution < 1.29 is 4.39 Å². The Hall–Kier alpha value is -0.700. The molecule has 1 heterocycles. The summed E-state index contributed by atoms with van der Waals surface area (Å²) in [7, 11) is 0. The highest BCUT2D eigenvalue weighted by Crippen LogP contribution is 2.03. The summed E-state index contributed by atoms with van der Waals surface area (Å²) in [5.41, 5.74) is 0.273. The van der Waals surface area contributed by atoms with Gasteiger partial charge in [-0.25, -0.2) is 14.4 Å². The Morgan fingerprint density at radius 1 is 1.67 bits per heavy atom. The van der Waals surface area contributed by atoms with Gasteiger partial charge in [0, 0.05) is 0 Å². The number of rotatable bonds is 0. The average molecular weight is 147 g/mol. The van der Waals surface area contributed by atoms with Crippen molar-refractivity contribution in [1.29, 1.82) is 0 Å². The van der Waals surface area contributed by atoms with Crippen LogP contribution < -0.4 is 0 Å². The molecular formula is C5H4ClFN2. The van der Waals surface area contributed by atoms with Gasteiger partial charge in [-0.3, -0.25) is 0 Å². The van der Waals surface area contributed by atoms with E-state index in [4.69, 9.17) is 11.6 Å². The van der Waals surface area contributed by atoms with Crippen LogP contribution in [0.25, 0.3) is 0 Å². The predicted octanol–water partition coefficient (Wildman–Crippen LogP) is 1.58. The molecule has 0 aliphatic carbocycles. The minimum Gasteiger partial charge on any atom is -0.223 e. The Morgan fingerprint density at radius 2 is 2.33 bits per heavy atom. The van der Waals surface area contributed by atoms with Gasteiger partial charge in [0.25, 0.3) is 0 Å². The minimum atomic E-state index is -0.431. The zero-order valence-corrected chi connectivity index (χ0v) is 5.48. The van der Waals surface area contributed by atoms with Crippen molar-refractivity contribution in [3.63, 3.8) is 0 Å². The summed E-state index contributed by atoms with van der Waals surface area (Å²) in [5.74, 6) is -0.431. The van der Waals surface area contributed by atoms with Crippen molar-refractivity contribution in [2.45, 2.75) is 6.92 Å². The third-order valence-electron chi connectivity index (χ3n) is 0.890. The van der Waals surface area contributed by atoms with Crippen molar-refractivity contribution in [2.75, 3.05) is 0 Å². The topological polar surface area (TPSA) is 25.8 Å². The lowest BCUT2D eigenvalue weighted by molar-refractivity contribution is 0.601. The lowest BCUT2D eigenvalue weighted by Gasteiger charge is -1.91. The molecule has 0 spiro atoms. The third kappa shape index (κ3) is 1.36. The first kappa shape index (κ1) is 6.42. The second-order valence-corrected chi connectivity index (χ2v) is 1.91. The van der Waals surface area contributed by atoms with Crippen LogP contribution in [-0.4, -0.2) is 9.97 Å². The summed E-state index contributed by atoms with van der Waals surface area (Å²) >= 11 is 5.33. The highest BCUT2D eigenvalue weighted by Gasteiger charge is 1.97. The van der Waals surface area contributed by atoms with E-state index in [1.54, 1.807) is 0 Å². The van der Waals surface area contributed by atoms with Crippen LogP contribution >= 0.6 is 11.6 Å². The SMILES string of the molecule is Cc1nc(Cl)ncc1F. The molecule has 0 amide bonds. The summed E-state index contributed by atoms with van der Waals surface area (Å²) in [6, 6.07) is 0. The maximum atomic E-state index is 12.3. The van der Waals surface area contributed by atoms with Gasteiger partial charge in [-0.15, -0.1) is 0 Å². The van der Waals surface area contributed by atoms with Crippen LogP contribution in [0.4, 0.5) is 4.39 Å². The van der Waals surface area contributed by atoms with Crippen molar-refractivity contribution in [3.05, 3.63) is 23.0 Å². The number of hydrogen-bond donors (Lipinski definition) is 0. The largest absolute Gasteiger partial charge is 0.223 e. The molecule has 0 radical (unpaired) electrons. The van der Waals surface area contributed by atoms with Crippen LogP contribution in [0.3, 0.4) is 0 Å². The molecule has 1 rings (SSSR count). The van der Waals surface area contributed by atoms with Crippen LogP contribution in [0.2, 0.25) is 5.28 Å². The second kappa shape index (κ2) is 2.27. The van der Waals surface area contributed by atoms with Gasteiger partial charge in [0.15, 0.2) is 5.82 Å². The van der Waals surface area contributed by atoms with E-state index < -0.39 is 5.82 Å². The Balaban J connectivity index is 3.17. The summed E-state index contributed by atoms with van der Waals surface area (Å²) < 4.78 is 12.3. The fourth-order valence-electron chi connectivity index (χ4n) is 0.424. The van der Waals surface area contributed by atoms with Crippen molar-refractivity contribution in [2.24, 2.45) is 0 Å². The fraction of sp³-hybridized carbons (Fsp3) is 0.200. The molecular weight excluding hydrogens is 143 g/mol. The van der Waals surface area contributed by atoms with Gasteiger partial charge in [-0.1, -0.05) is 0 Å². The number of aryl methyl sites for hydroxylation is 1. The summed E-state index contributed by atoms with van der Waals surface area (Å²) in [4.78, 5) is 6.97. The molecule has 0 unspecified atom stereocenters. The fourth-order valence-corrected chi connectivity index (χ4v) is 0.600. The first-order chi connectivity index (χ1) is 4.20. The second-order valence-electron chi connectivity index (χ2n) is 1.57. The van der Waals surface area contributed by atoms with Crippen molar-refractivity contribution >= 4 is 11.6 Å². The average Bonchev–Trinajstić information content (AvgIpc) is 1.80. The molecule has 4 heteroatoms. The van der Waals surface area contributed by atoms with Gasteiger partial charge in [0.2, 0.25) is 5.28 Å². The van der Waals surface area contributed by atoms with Gasteiger partial charge < -0.3 is 0 Å². The van der Waals surface area contributed by atoms with Gasteiger partial charge in [-0.05, 0) is 18.5 Å². The Morgan fingerprint density at radius 3 is 2.78 bits per heavy atom. The van der Waals surface area contributed by atoms with Gasteiger partial charge >= 0.3 is 0 Å². The summed E-state index contributed by atoms with van der Waals surface area (Å²) in [5, 5.41) is 0.0777. The predicted molar refractivity (Wildman–Crippen MR) is 31.7 cm³/mol. The van der Waals surface area contributed by atoms with Crippen molar-refractivity contribution in [3.8, 4) is 0 Å². The zero-order chi connectivity index (χ0) is 6.85. The highest BCUT2D eigenvalue weighted by atomic mass is 35.5. The molecule has 48 valence electrons. The van der Waals surface area contributed by atoms with Crippen LogP contribution in [0, 0.1) is 12.7 Å². The third-order valence-corrected chi connectivity index (χ3v) is 1.07. The highest BCUT2D eigenvalue weighted by molar-refractivity contribution is 6.28. The molecule has 0 fully saturated rings. The zero-order valence-electron chi connectivity index (χ0n) is 4.73. The molecule has 1 aromatic heterocycles. The Bertz CT molecular complexity index is 226. The van der Waals surface area contributed by atoms with E-state index in [0.29, 0.717) is 0 Å². The lowest BCUT2D eigenvalue weighted by Crippen LogP contribution is -1.89. The maximum absolute atomic E-state index is 12.3. The van der Waals surface area contributed by atoms with E-state index in [0.717, 1.165) is 6.20 Å². The van der Waals surface area contributed by atoms with Crippen LogP contribution in [-0.2, 0) is 0 Å². The standard InChI is InChI=1S/C5H4ClFN2/c1-3-4(7)2-8-5(6)9-3/h2H,1H3. The van der Waals surface area contributed by atoms with Gasteiger partial charge in [0.1, 0.15) is 0 Å². The van der Waals surface area contributed by atoms with E-state index in [1.807, 2.05) is 0 Å². The molecule has 9 heavy (non-hydrogen) atoms. The minimum absolute atomic E-state index is 0.0777. The maximum Gasteiger partial charge on any atom is 0.222 e. The van der Waals surface area contributed by atoms with Gasteiger partial charge in [0.05, 0.1) is 11.9 Å². The first-order valence-corrected chi connectivity index (χ1v) is 2.72. The van der Waals surface area contributed by atoms with Crippen molar-refractivity contribution in [1.82, 2.24) is 9.97 Å². The Kier molecular flexibility index (Phi) is 1.62. The quantitative estimate of drug-likeness (QED) is 0.520. The normalized spacial score (nSPS) is 9.67. The van der Waals surface area contributed by atoms with E-state index in [9.17, 15) is 4.39 Å². The van der Waals surface area contributed by atoms with E-state index in [1.165, 1.54) is 6.92 Å². The molecule has 0 bridgehead atoms. The first-order valence-electron chi connectivity index (χ1n) is 2.35. The number of halogens is 2. The molecule has 0 aromatic carbocycles. The number of hydrogen-bond acceptors (Lipinski definition) is 2. The van der Waals surface area contributed by atoms with E-state index >= 15 is 0 Å². The van der Waals surface area contributed by atoms with Gasteiger partial charge in [-0.2, -0.15) is 0 Å².